The van der Waals surface area contributed by atoms with Crippen LogP contribution in [-0.4, -0.2) is 34.0 Å². The SMILES string of the molecule is CC1=C(N2C(=O)c3ccccc3C2=O)CN=C1c1ccc(F)cn1. The second-order valence-corrected chi connectivity index (χ2v) is 5.59. The van der Waals surface area contributed by atoms with E-state index in [-0.39, 0.29) is 18.4 Å². The van der Waals surface area contributed by atoms with Crippen LogP contribution in [0.4, 0.5) is 4.39 Å². The molecule has 0 unspecified atom stereocenters. The summed E-state index contributed by atoms with van der Waals surface area (Å²) in [5, 5.41) is 0. The van der Waals surface area contributed by atoms with Gasteiger partial charge in [-0.05, 0) is 36.8 Å². The molecule has 1 aromatic heterocycles. The number of nitrogens with zero attached hydrogens (tertiary/aromatic N) is 3. The maximum atomic E-state index is 13.0. The summed E-state index contributed by atoms with van der Waals surface area (Å²) in [6.45, 7) is 2.00. The van der Waals surface area contributed by atoms with Gasteiger partial charge in [0.15, 0.2) is 0 Å². The van der Waals surface area contributed by atoms with Gasteiger partial charge in [-0.3, -0.25) is 19.6 Å². The molecule has 6 heteroatoms. The van der Waals surface area contributed by atoms with Gasteiger partial charge in [0.25, 0.3) is 11.8 Å². The molecule has 118 valence electrons. The van der Waals surface area contributed by atoms with E-state index in [9.17, 15) is 14.0 Å². The molecule has 5 nitrogen and oxygen atoms in total. The van der Waals surface area contributed by atoms with Crippen LogP contribution < -0.4 is 0 Å². The van der Waals surface area contributed by atoms with Crippen LogP contribution in [0, 0.1) is 5.82 Å². The van der Waals surface area contributed by atoms with E-state index in [4.69, 9.17) is 0 Å². The fraction of sp³-hybridized carbons (Fsp3) is 0.111. The summed E-state index contributed by atoms with van der Waals surface area (Å²) >= 11 is 0. The topological polar surface area (TPSA) is 62.6 Å². The Balaban J connectivity index is 1.73. The minimum absolute atomic E-state index is 0.214. The molecule has 24 heavy (non-hydrogen) atoms. The Morgan fingerprint density at radius 1 is 1.04 bits per heavy atom. The van der Waals surface area contributed by atoms with Gasteiger partial charge in [-0.15, -0.1) is 0 Å². The minimum Gasteiger partial charge on any atom is -0.276 e. The minimum atomic E-state index is -0.431. The average Bonchev–Trinajstić information content (AvgIpc) is 3.08. The first-order chi connectivity index (χ1) is 11.6. The van der Waals surface area contributed by atoms with Crippen molar-refractivity contribution in [1.29, 1.82) is 0 Å². The molecule has 0 saturated heterocycles. The molecule has 0 atom stereocenters. The largest absolute Gasteiger partial charge is 0.276 e. The summed E-state index contributed by atoms with van der Waals surface area (Å²) in [5.41, 5.74) is 3.13. The number of amides is 2. The highest BCUT2D eigenvalue weighted by molar-refractivity contribution is 6.24. The van der Waals surface area contributed by atoms with Gasteiger partial charge in [-0.2, -0.15) is 0 Å². The van der Waals surface area contributed by atoms with Gasteiger partial charge in [0.2, 0.25) is 0 Å². The molecule has 3 heterocycles. The van der Waals surface area contributed by atoms with E-state index in [1.54, 1.807) is 31.2 Å². The summed E-state index contributed by atoms with van der Waals surface area (Å²) < 4.78 is 13.0. The lowest BCUT2D eigenvalue weighted by atomic mass is 10.1. The number of carbonyl (C=O) groups is 2. The van der Waals surface area contributed by atoms with Crippen molar-refractivity contribution in [2.45, 2.75) is 6.92 Å². The number of halogens is 1. The molecule has 0 bridgehead atoms. The molecule has 1 aromatic carbocycles. The molecular formula is C18H12FN3O2. The van der Waals surface area contributed by atoms with Crippen LogP contribution in [0.2, 0.25) is 0 Å². The molecule has 0 radical (unpaired) electrons. The van der Waals surface area contributed by atoms with Crippen molar-refractivity contribution in [2.24, 2.45) is 4.99 Å². The first kappa shape index (κ1) is 14.4. The smallest absolute Gasteiger partial charge is 0.265 e. The molecule has 0 aliphatic carbocycles. The van der Waals surface area contributed by atoms with Gasteiger partial charge < -0.3 is 0 Å². The van der Waals surface area contributed by atoms with Crippen LogP contribution in [-0.2, 0) is 0 Å². The summed E-state index contributed by atoms with van der Waals surface area (Å²) in [6, 6.07) is 9.58. The van der Waals surface area contributed by atoms with Gasteiger partial charge >= 0.3 is 0 Å². The van der Waals surface area contributed by atoms with E-state index >= 15 is 0 Å². The Morgan fingerprint density at radius 3 is 2.29 bits per heavy atom. The van der Waals surface area contributed by atoms with Crippen molar-refractivity contribution in [2.75, 3.05) is 6.54 Å². The Kier molecular flexibility index (Phi) is 3.13. The van der Waals surface area contributed by atoms with Crippen molar-refractivity contribution in [3.05, 3.63) is 76.5 Å². The normalized spacial score (nSPS) is 16.8. The molecule has 2 aliphatic rings. The number of benzene rings is 1. The Morgan fingerprint density at radius 2 is 1.71 bits per heavy atom. The van der Waals surface area contributed by atoms with Crippen LogP contribution in [0.5, 0.6) is 0 Å². The van der Waals surface area contributed by atoms with Crippen molar-refractivity contribution in [3.8, 4) is 0 Å². The number of fused-ring (bicyclic) bond motifs is 1. The zero-order valence-electron chi connectivity index (χ0n) is 12.8. The first-order valence-electron chi connectivity index (χ1n) is 7.42. The fourth-order valence-corrected chi connectivity index (χ4v) is 2.99. The standard InChI is InChI=1S/C18H12FN3O2/c1-10-15(9-21-16(10)14-7-6-11(19)8-20-14)22-17(23)12-4-2-3-5-13(12)18(22)24/h2-8H,9H2,1H3. The summed E-state index contributed by atoms with van der Waals surface area (Å²) in [6.07, 6.45) is 1.12. The number of allylic oxidation sites excluding steroid dienone is 1. The van der Waals surface area contributed by atoms with E-state index in [1.807, 2.05) is 0 Å². The summed E-state index contributed by atoms with van der Waals surface area (Å²) in [4.78, 5) is 34.8. The molecule has 0 spiro atoms. The third kappa shape index (κ3) is 2.00. The van der Waals surface area contributed by atoms with Gasteiger partial charge in [0, 0.05) is 0 Å². The van der Waals surface area contributed by atoms with E-state index in [0.717, 1.165) is 6.20 Å². The predicted octanol–water partition coefficient (Wildman–Crippen LogP) is 2.59. The van der Waals surface area contributed by atoms with Gasteiger partial charge in [-0.25, -0.2) is 9.29 Å². The number of rotatable bonds is 2. The van der Waals surface area contributed by atoms with Crippen molar-refractivity contribution < 1.29 is 14.0 Å². The van der Waals surface area contributed by atoms with Gasteiger partial charge in [0.05, 0.1) is 41.0 Å². The number of pyridine rings is 1. The second kappa shape index (κ2) is 5.19. The Labute approximate surface area is 137 Å². The van der Waals surface area contributed by atoms with Crippen LogP contribution in [0.25, 0.3) is 0 Å². The zero-order chi connectivity index (χ0) is 16.8. The van der Waals surface area contributed by atoms with E-state index < -0.39 is 5.82 Å². The third-order valence-electron chi connectivity index (χ3n) is 4.21. The van der Waals surface area contributed by atoms with Crippen LogP contribution in [0.15, 0.2) is 58.9 Å². The van der Waals surface area contributed by atoms with Crippen LogP contribution in [0.3, 0.4) is 0 Å². The lowest BCUT2D eigenvalue weighted by Crippen LogP contribution is -2.30. The van der Waals surface area contributed by atoms with Crippen LogP contribution >= 0.6 is 0 Å². The molecule has 2 aromatic rings. The Hall–Kier alpha value is -3.15. The van der Waals surface area contributed by atoms with E-state index in [0.29, 0.717) is 33.8 Å². The fourth-order valence-electron chi connectivity index (χ4n) is 2.99. The number of imide groups is 1. The lowest BCUT2D eigenvalue weighted by Gasteiger charge is -2.16. The first-order valence-corrected chi connectivity index (χ1v) is 7.42. The van der Waals surface area contributed by atoms with Gasteiger partial charge in [0.1, 0.15) is 5.82 Å². The molecule has 0 saturated carbocycles. The quantitative estimate of drug-likeness (QED) is 0.799. The van der Waals surface area contributed by atoms with Crippen molar-refractivity contribution in [1.82, 2.24) is 9.88 Å². The highest BCUT2D eigenvalue weighted by atomic mass is 19.1. The molecule has 0 fully saturated rings. The van der Waals surface area contributed by atoms with Crippen molar-refractivity contribution in [3.63, 3.8) is 0 Å². The average molecular weight is 321 g/mol. The summed E-state index contributed by atoms with van der Waals surface area (Å²) in [7, 11) is 0. The molecule has 2 amide bonds. The van der Waals surface area contributed by atoms with E-state index in [1.165, 1.54) is 17.0 Å². The second-order valence-electron chi connectivity index (χ2n) is 5.59. The maximum absolute atomic E-state index is 13.0. The predicted molar refractivity (Wildman–Crippen MR) is 85.2 cm³/mol. The molecule has 4 rings (SSSR count). The summed E-state index contributed by atoms with van der Waals surface area (Å²) in [5.74, 6) is -1.11. The molecule has 2 aliphatic heterocycles. The molecule has 0 N–H and O–H groups in total. The highest BCUT2D eigenvalue weighted by Gasteiger charge is 2.39. The van der Waals surface area contributed by atoms with E-state index in [2.05, 4.69) is 9.98 Å². The van der Waals surface area contributed by atoms with Gasteiger partial charge in [-0.1, -0.05) is 12.1 Å². The highest BCUT2D eigenvalue weighted by Crippen LogP contribution is 2.30. The van der Waals surface area contributed by atoms with Crippen LogP contribution in [0.1, 0.15) is 33.3 Å². The zero-order valence-corrected chi connectivity index (χ0v) is 12.8. The molecular weight excluding hydrogens is 309 g/mol. The number of carbonyl (C=O) groups excluding carboxylic acids is 2. The monoisotopic (exact) mass is 321 g/mol. The number of hydrogen-bond acceptors (Lipinski definition) is 4. The third-order valence-corrected chi connectivity index (χ3v) is 4.21. The Bertz CT molecular complexity index is 910. The number of aromatic nitrogens is 1. The number of hydrogen-bond donors (Lipinski definition) is 0. The lowest BCUT2D eigenvalue weighted by molar-refractivity contribution is 0.0702. The van der Waals surface area contributed by atoms with Crippen molar-refractivity contribution >= 4 is 17.5 Å². The maximum Gasteiger partial charge on any atom is 0.265 e. The number of aliphatic imine (C=N–C) groups is 1.